The molecule has 1 saturated carbocycles. The number of rotatable bonds is 4. The molecule has 32 heavy (non-hydrogen) atoms. The monoisotopic (exact) mass is 472 g/mol. The van der Waals surface area contributed by atoms with Gasteiger partial charge in [-0.25, -0.2) is 13.3 Å². The Bertz CT molecular complexity index is 1150. The largest absolute Gasteiger partial charge is 0.417 e. The van der Waals surface area contributed by atoms with Gasteiger partial charge in [-0.2, -0.15) is 18.3 Å². The molecule has 172 valence electrons. The number of aromatic nitrogens is 2. The van der Waals surface area contributed by atoms with E-state index in [0.29, 0.717) is 35.9 Å². The van der Waals surface area contributed by atoms with E-state index in [9.17, 15) is 26.7 Å². The van der Waals surface area contributed by atoms with Gasteiger partial charge in [-0.05, 0) is 37.5 Å². The van der Waals surface area contributed by atoms with Crippen LogP contribution in [0.5, 0.6) is 0 Å². The molecule has 0 bridgehead atoms. The molecule has 0 aromatic carbocycles. The van der Waals surface area contributed by atoms with E-state index in [1.54, 1.807) is 6.07 Å². The third kappa shape index (κ3) is 4.11. The number of hydrogen-bond acceptors (Lipinski definition) is 4. The minimum atomic E-state index is -4.50. The van der Waals surface area contributed by atoms with E-state index in [0.717, 1.165) is 33.0 Å². The Morgan fingerprint density at radius 2 is 2.09 bits per heavy atom. The fourth-order valence-corrected chi connectivity index (χ4v) is 5.04. The van der Waals surface area contributed by atoms with E-state index in [-0.39, 0.29) is 11.3 Å². The first-order chi connectivity index (χ1) is 15.0. The Labute approximate surface area is 184 Å². The van der Waals surface area contributed by atoms with Gasteiger partial charge in [0.1, 0.15) is 6.04 Å². The zero-order valence-electron chi connectivity index (χ0n) is 17.0. The number of nitrogens with two attached hydrogens (primary N) is 1. The van der Waals surface area contributed by atoms with Gasteiger partial charge in [0.15, 0.2) is 0 Å². The average molecular weight is 472 g/mol. The third-order valence-corrected chi connectivity index (χ3v) is 6.98. The predicted octanol–water partition coefficient (Wildman–Crippen LogP) is 4.89. The summed E-state index contributed by atoms with van der Waals surface area (Å²) >= 11 is 1.16. The number of thiophene rings is 1. The van der Waals surface area contributed by atoms with Crippen molar-refractivity contribution in [1.29, 1.82) is 0 Å². The van der Waals surface area contributed by atoms with Crippen LogP contribution in [-0.4, -0.2) is 33.5 Å². The lowest BCUT2D eigenvalue weighted by molar-refractivity contribution is -0.137. The van der Waals surface area contributed by atoms with Crippen LogP contribution in [0.25, 0.3) is 16.6 Å². The van der Waals surface area contributed by atoms with Crippen molar-refractivity contribution in [1.82, 2.24) is 14.9 Å². The van der Waals surface area contributed by atoms with E-state index in [1.807, 2.05) is 6.92 Å². The molecule has 3 N–H and O–H groups in total. The summed E-state index contributed by atoms with van der Waals surface area (Å²) in [5.41, 5.74) is 6.65. The zero-order valence-corrected chi connectivity index (χ0v) is 17.9. The second-order valence-corrected chi connectivity index (χ2v) is 9.01. The second kappa shape index (κ2) is 8.11. The molecule has 11 heteroatoms. The molecule has 0 aliphatic heterocycles. The standard InChI is InChI=1S/C21H21F5N4OS/c1-2-16-12(13-9-28-30-10-11(21(24,25)26)5-6-15(13)30)8-17(32-16)19(31)29-18-14(27)4-3-7-20(18,22)23/h5-6,8-10,14,18H,2-4,7,27H2,1H3,(H,29,31)/t14-,18+/m0/s1. The first-order valence-electron chi connectivity index (χ1n) is 10.1. The lowest BCUT2D eigenvalue weighted by Crippen LogP contribution is -2.59. The number of nitrogens with one attached hydrogen (secondary N) is 1. The van der Waals surface area contributed by atoms with Crippen LogP contribution in [0.4, 0.5) is 22.0 Å². The molecule has 0 spiro atoms. The molecule has 3 aromatic heterocycles. The number of hydrogen-bond donors (Lipinski definition) is 2. The van der Waals surface area contributed by atoms with Gasteiger partial charge in [0.2, 0.25) is 0 Å². The summed E-state index contributed by atoms with van der Waals surface area (Å²) in [4.78, 5) is 13.8. The number of carbonyl (C=O) groups excluding carboxylic acids is 1. The molecule has 1 fully saturated rings. The number of nitrogens with zero attached hydrogens (tertiary/aromatic N) is 2. The summed E-state index contributed by atoms with van der Waals surface area (Å²) in [5, 5.41) is 6.42. The molecule has 4 rings (SSSR count). The van der Waals surface area contributed by atoms with Gasteiger partial charge in [0, 0.05) is 34.7 Å². The minimum absolute atomic E-state index is 0.233. The van der Waals surface area contributed by atoms with Crippen molar-refractivity contribution < 1.29 is 26.7 Å². The maximum Gasteiger partial charge on any atom is 0.417 e. The van der Waals surface area contributed by atoms with E-state index in [2.05, 4.69) is 10.4 Å². The van der Waals surface area contributed by atoms with Crippen molar-refractivity contribution >= 4 is 22.8 Å². The van der Waals surface area contributed by atoms with Crippen molar-refractivity contribution in [2.75, 3.05) is 0 Å². The lowest BCUT2D eigenvalue weighted by atomic mass is 9.87. The fraction of sp³-hybridized carbons (Fsp3) is 0.429. The van der Waals surface area contributed by atoms with Gasteiger partial charge in [-0.1, -0.05) is 6.92 Å². The molecular formula is C21H21F5N4OS. The van der Waals surface area contributed by atoms with Crippen molar-refractivity contribution in [2.24, 2.45) is 5.73 Å². The first-order valence-corrected chi connectivity index (χ1v) is 10.9. The maximum absolute atomic E-state index is 14.3. The molecule has 1 aliphatic rings. The molecule has 0 saturated heterocycles. The highest BCUT2D eigenvalue weighted by Gasteiger charge is 2.46. The lowest BCUT2D eigenvalue weighted by Gasteiger charge is -2.36. The quantitative estimate of drug-likeness (QED) is 0.531. The molecule has 5 nitrogen and oxygen atoms in total. The van der Waals surface area contributed by atoms with Crippen LogP contribution in [0.2, 0.25) is 0 Å². The third-order valence-electron chi connectivity index (χ3n) is 5.70. The summed E-state index contributed by atoms with van der Waals surface area (Å²) in [5.74, 6) is -3.73. The SMILES string of the molecule is CCc1sc(C(=O)N[C@@H]2[C@@H](N)CCCC2(F)F)cc1-c1cnn2cc(C(F)(F)F)ccc12. The van der Waals surface area contributed by atoms with Gasteiger partial charge in [0.05, 0.1) is 22.2 Å². The second-order valence-electron chi connectivity index (χ2n) is 7.87. The fourth-order valence-electron chi connectivity index (χ4n) is 4.02. The van der Waals surface area contributed by atoms with Crippen LogP contribution in [0, 0.1) is 0 Å². The van der Waals surface area contributed by atoms with Gasteiger partial charge >= 0.3 is 6.18 Å². The van der Waals surface area contributed by atoms with Crippen LogP contribution in [0.3, 0.4) is 0 Å². The Morgan fingerprint density at radius 1 is 1.34 bits per heavy atom. The molecule has 1 amide bonds. The Hall–Kier alpha value is -2.53. The van der Waals surface area contributed by atoms with Crippen LogP contribution < -0.4 is 11.1 Å². The number of amides is 1. The van der Waals surface area contributed by atoms with Crippen LogP contribution in [0.15, 0.2) is 30.6 Å². The van der Waals surface area contributed by atoms with Gasteiger partial charge in [-0.3, -0.25) is 4.79 Å². The summed E-state index contributed by atoms with van der Waals surface area (Å²) in [6.45, 7) is 1.87. The molecule has 3 heterocycles. The van der Waals surface area contributed by atoms with Crippen molar-refractivity contribution in [3.05, 3.63) is 45.9 Å². The van der Waals surface area contributed by atoms with E-state index in [4.69, 9.17) is 5.73 Å². The normalized spacial score (nSPS) is 21.1. The molecule has 0 radical (unpaired) electrons. The van der Waals surface area contributed by atoms with E-state index >= 15 is 0 Å². The predicted molar refractivity (Wildman–Crippen MR) is 111 cm³/mol. The van der Waals surface area contributed by atoms with E-state index < -0.39 is 35.7 Å². The van der Waals surface area contributed by atoms with Crippen molar-refractivity contribution in [3.63, 3.8) is 0 Å². The Kier molecular flexibility index (Phi) is 5.74. The summed E-state index contributed by atoms with van der Waals surface area (Å²) < 4.78 is 68.6. The summed E-state index contributed by atoms with van der Waals surface area (Å²) in [6.07, 6.45) is -1.24. The van der Waals surface area contributed by atoms with Gasteiger partial charge in [0.25, 0.3) is 11.8 Å². The number of aryl methyl sites for hydroxylation is 1. The number of carbonyl (C=O) groups is 1. The number of halogens is 5. The number of pyridine rings is 1. The smallest absolute Gasteiger partial charge is 0.341 e. The molecule has 3 aromatic rings. The number of fused-ring (bicyclic) bond motifs is 1. The molecular weight excluding hydrogens is 451 g/mol. The number of alkyl halides is 5. The molecule has 0 unspecified atom stereocenters. The highest BCUT2D eigenvalue weighted by atomic mass is 32.1. The maximum atomic E-state index is 14.3. The molecule has 1 aliphatic carbocycles. The van der Waals surface area contributed by atoms with Crippen LogP contribution >= 0.6 is 11.3 Å². The van der Waals surface area contributed by atoms with Crippen LogP contribution in [0.1, 0.15) is 46.3 Å². The van der Waals surface area contributed by atoms with Gasteiger partial charge in [-0.15, -0.1) is 11.3 Å². The highest BCUT2D eigenvalue weighted by molar-refractivity contribution is 7.14. The Balaban J connectivity index is 1.66. The Morgan fingerprint density at radius 3 is 2.75 bits per heavy atom. The summed E-state index contributed by atoms with van der Waals surface area (Å²) in [7, 11) is 0. The summed E-state index contributed by atoms with van der Waals surface area (Å²) in [6, 6.07) is 1.58. The topological polar surface area (TPSA) is 72.4 Å². The zero-order chi connectivity index (χ0) is 23.3. The average Bonchev–Trinajstić information content (AvgIpc) is 3.33. The van der Waals surface area contributed by atoms with Crippen molar-refractivity contribution in [2.45, 2.75) is 56.8 Å². The van der Waals surface area contributed by atoms with Crippen LogP contribution in [-0.2, 0) is 12.6 Å². The minimum Gasteiger partial charge on any atom is -0.341 e. The van der Waals surface area contributed by atoms with E-state index in [1.165, 1.54) is 12.3 Å². The first kappa shape index (κ1) is 22.7. The van der Waals surface area contributed by atoms with Crippen molar-refractivity contribution in [3.8, 4) is 11.1 Å². The van der Waals surface area contributed by atoms with Gasteiger partial charge < -0.3 is 11.1 Å². The molecule has 2 atom stereocenters. The highest BCUT2D eigenvalue weighted by Crippen LogP contribution is 2.37.